The normalized spacial score (nSPS) is 11.0. The highest BCUT2D eigenvalue weighted by molar-refractivity contribution is 6.31. The lowest BCUT2D eigenvalue weighted by Gasteiger charge is -2.11. The summed E-state index contributed by atoms with van der Waals surface area (Å²) < 4.78 is 0. The zero-order chi connectivity index (χ0) is 13.8. The fourth-order valence-corrected chi connectivity index (χ4v) is 2.16. The van der Waals surface area contributed by atoms with Gasteiger partial charge in [-0.15, -0.1) is 0 Å². The zero-order valence-electron chi connectivity index (χ0n) is 11.1. The van der Waals surface area contributed by atoms with Gasteiger partial charge in [0, 0.05) is 22.6 Å². The first kappa shape index (κ1) is 14.4. The summed E-state index contributed by atoms with van der Waals surface area (Å²) in [6, 6.07) is 14.4. The van der Waals surface area contributed by atoms with E-state index in [-0.39, 0.29) is 0 Å². The van der Waals surface area contributed by atoms with Gasteiger partial charge in [-0.25, -0.2) is 0 Å². The lowest BCUT2D eigenvalue weighted by atomic mass is 10.0. The fourth-order valence-electron chi connectivity index (χ4n) is 1.85. The van der Waals surface area contributed by atoms with Gasteiger partial charge in [0.05, 0.1) is 0 Å². The van der Waals surface area contributed by atoms with Crippen LogP contribution in [0, 0.1) is 0 Å². The molecule has 0 heterocycles. The second kappa shape index (κ2) is 6.42. The molecule has 0 aliphatic carbocycles. The van der Waals surface area contributed by atoms with Crippen molar-refractivity contribution in [1.29, 1.82) is 0 Å². The molecular formula is C16H17Cl2N. The van der Waals surface area contributed by atoms with Gasteiger partial charge >= 0.3 is 0 Å². The predicted octanol–water partition coefficient (Wildman–Crippen LogP) is 5.16. The average Bonchev–Trinajstić information content (AvgIpc) is 2.39. The minimum Gasteiger partial charge on any atom is -0.310 e. The maximum atomic E-state index is 6.23. The van der Waals surface area contributed by atoms with Gasteiger partial charge in [-0.1, -0.05) is 55.2 Å². The maximum absolute atomic E-state index is 6.23. The molecule has 0 bridgehead atoms. The van der Waals surface area contributed by atoms with Crippen molar-refractivity contribution < 1.29 is 0 Å². The summed E-state index contributed by atoms with van der Waals surface area (Å²) in [6.45, 7) is 5.02. The third kappa shape index (κ3) is 3.97. The van der Waals surface area contributed by atoms with Crippen LogP contribution in [0.2, 0.25) is 10.0 Å². The Bertz CT molecular complexity index is 547. The van der Waals surface area contributed by atoms with Crippen LogP contribution in [0.4, 0.5) is 0 Å². The topological polar surface area (TPSA) is 12.0 Å². The van der Waals surface area contributed by atoms with Crippen molar-refractivity contribution in [2.75, 3.05) is 0 Å². The van der Waals surface area contributed by atoms with Crippen LogP contribution < -0.4 is 5.32 Å². The molecule has 0 amide bonds. The maximum Gasteiger partial charge on any atom is 0.0451 e. The van der Waals surface area contributed by atoms with E-state index in [0.29, 0.717) is 6.04 Å². The summed E-state index contributed by atoms with van der Waals surface area (Å²) in [6.07, 6.45) is 0. The molecule has 0 unspecified atom stereocenters. The highest BCUT2D eigenvalue weighted by Gasteiger charge is 2.05. The average molecular weight is 294 g/mol. The number of hydrogen-bond acceptors (Lipinski definition) is 1. The van der Waals surface area contributed by atoms with E-state index in [2.05, 4.69) is 25.2 Å². The molecule has 2 aromatic carbocycles. The highest BCUT2D eigenvalue weighted by atomic mass is 35.5. The van der Waals surface area contributed by atoms with Crippen LogP contribution in [-0.2, 0) is 6.54 Å². The molecular weight excluding hydrogens is 277 g/mol. The Kier molecular flexibility index (Phi) is 4.87. The SMILES string of the molecule is CC(C)NCc1cc(-c2ccc(Cl)cc2)ccc1Cl. The molecule has 19 heavy (non-hydrogen) atoms. The Morgan fingerprint density at radius 3 is 2.21 bits per heavy atom. The van der Waals surface area contributed by atoms with Crippen molar-refractivity contribution in [3.63, 3.8) is 0 Å². The van der Waals surface area contributed by atoms with Crippen LogP contribution in [0.15, 0.2) is 42.5 Å². The van der Waals surface area contributed by atoms with Gasteiger partial charge in [0.2, 0.25) is 0 Å². The van der Waals surface area contributed by atoms with E-state index >= 15 is 0 Å². The summed E-state index contributed by atoms with van der Waals surface area (Å²) in [4.78, 5) is 0. The third-order valence-electron chi connectivity index (χ3n) is 2.92. The summed E-state index contributed by atoms with van der Waals surface area (Å²) in [5.74, 6) is 0. The van der Waals surface area contributed by atoms with E-state index in [1.165, 1.54) is 0 Å². The first-order valence-corrected chi connectivity index (χ1v) is 7.09. The van der Waals surface area contributed by atoms with E-state index in [9.17, 15) is 0 Å². The van der Waals surface area contributed by atoms with Gasteiger partial charge in [0.15, 0.2) is 0 Å². The van der Waals surface area contributed by atoms with E-state index in [4.69, 9.17) is 23.2 Å². The van der Waals surface area contributed by atoms with Crippen molar-refractivity contribution in [3.8, 4) is 11.1 Å². The van der Waals surface area contributed by atoms with Gasteiger partial charge in [0.25, 0.3) is 0 Å². The standard InChI is InChI=1S/C16H17Cl2N/c1-11(2)19-10-14-9-13(5-8-16(14)18)12-3-6-15(17)7-4-12/h3-9,11,19H,10H2,1-2H3. The quantitative estimate of drug-likeness (QED) is 0.821. The van der Waals surface area contributed by atoms with E-state index in [0.717, 1.165) is 33.3 Å². The predicted molar refractivity (Wildman–Crippen MR) is 83.9 cm³/mol. The Morgan fingerprint density at radius 1 is 0.947 bits per heavy atom. The summed E-state index contributed by atoms with van der Waals surface area (Å²) in [7, 11) is 0. The minimum absolute atomic E-state index is 0.440. The highest BCUT2D eigenvalue weighted by Crippen LogP contribution is 2.26. The molecule has 0 atom stereocenters. The number of rotatable bonds is 4. The van der Waals surface area contributed by atoms with Crippen LogP contribution in [0.25, 0.3) is 11.1 Å². The minimum atomic E-state index is 0.440. The number of nitrogens with one attached hydrogen (secondary N) is 1. The zero-order valence-corrected chi connectivity index (χ0v) is 12.6. The molecule has 0 saturated heterocycles. The number of benzene rings is 2. The summed E-state index contributed by atoms with van der Waals surface area (Å²) in [5, 5.41) is 4.93. The Morgan fingerprint density at radius 2 is 1.58 bits per heavy atom. The molecule has 0 fully saturated rings. The molecule has 3 heteroatoms. The molecule has 100 valence electrons. The van der Waals surface area contributed by atoms with E-state index < -0.39 is 0 Å². The summed E-state index contributed by atoms with van der Waals surface area (Å²) >= 11 is 12.1. The van der Waals surface area contributed by atoms with Crippen molar-refractivity contribution >= 4 is 23.2 Å². The van der Waals surface area contributed by atoms with Gasteiger partial charge in [-0.05, 0) is 41.0 Å². The molecule has 0 radical (unpaired) electrons. The fraction of sp³-hybridized carbons (Fsp3) is 0.250. The van der Waals surface area contributed by atoms with Crippen LogP contribution in [0.5, 0.6) is 0 Å². The molecule has 0 aliphatic heterocycles. The van der Waals surface area contributed by atoms with Crippen molar-refractivity contribution in [2.24, 2.45) is 0 Å². The van der Waals surface area contributed by atoms with Crippen molar-refractivity contribution in [2.45, 2.75) is 26.4 Å². The molecule has 0 saturated carbocycles. The van der Waals surface area contributed by atoms with Crippen molar-refractivity contribution in [1.82, 2.24) is 5.32 Å². The summed E-state index contributed by atoms with van der Waals surface area (Å²) in [5.41, 5.74) is 3.41. The van der Waals surface area contributed by atoms with Crippen LogP contribution >= 0.6 is 23.2 Å². The van der Waals surface area contributed by atoms with Gasteiger partial charge < -0.3 is 5.32 Å². The monoisotopic (exact) mass is 293 g/mol. The molecule has 0 aromatic heterocycles. The number of hydrogen-bond donors (Lipinski definition) is 1. The Balaban J connectivity index is 2.27. The second-order valence-corrected chi connectivity index (χ2v) is 5.69. The first-order chi connectivity index (χ1) is 9.06. The molecule has 2 rings (SSSR count). The Labute approximate surface area is 124 Å². The van der Waals surface area contributed by atoms with Crippen LogP contribution in [0.3, 0.4) is 0 Å². The molecule has 1 N–H and O–H groups in total. The van der Waals surface area contributed by atoms with Crippen molar-refractivity contribution in [3.05, 3.63) is 58.1 Å². The lowest BCUT2D eigenvalue weighted by Crippen LogP contribution is -2.21. The van der Waals surface area contributed by atoms with Gasteiger partial charge in [0.1, 0.15) is 0 Å². The molecule has 0 aliphatic rings. The van der Waals surface area contributed by atoms with Gasteiger partial charge in [-0.3, -0.25) is 0 Å². The van der Waals surface area contributed by atoms with Crippen LogP contribution in [-0.4, -0.2) is 6.04 Å². The first-order valence-electron chi connectivity index (χ1n) is 6.34. The third-order valence-corrected chi connectivity index (χ3v) is 3.54. The number of halogens is 2. The molecule has 1 nitrogen and oxygen atoms in total. The molecule has 2 aromatic rings. The largest absolute Gasteiger partial charge is 0.310 e. The second-order valence-electron chi connectivity index (χ2n) is 4.85. The van der Waals surface area contributed by atoms with E-state index in [1.807, 2.05) is 36.4 Å². The lowest BCUT2D eigenvalue weighted by molar-refractivity contribution is 0.589. The van der Waals surface area contributed by atoms with Gasteiger partial charge in [-0.2, -0.15) is 0 Å². The molecule has 0 spiro atoms. The van der Waals surface area contributed by atoms with E-state index in [1.54, 1.807) is 0 Å². The Hall–Kier alpha value is -1.02. The van der Waals surface area contributed by atoms with Crippen LogP contribution in [0.1, 0.15) is 19.4 Å². The smallest absolute Gasteiger partial charge is 0.0451 e.